The zero-order valence-electron chi connectivity index (χ0n) is 7.03. The van der Waals surface area contributed by atoms with Crippen LogP contribution in [0.3, 0.4) is 0 Å². The maximum atomic E-state index is 8.92. The second-order valence-corrected chi connectivity index (χ2v) is 3.17. The summed E-state index contributed by atoms with van der Waals surface area (Å²) in [5.41, 5.74) is 2.24. The average Bonchev–Trinajstić information content (AvgIpc) is 2.02. The van der Waals surface area contributed by atoms with Crippen LogP contribution in [0.2, 0.25) is 0 Å². The molecular formula is C10H13NO. The fourth-order valence-electron chi connectivity index (χ4n) is 1.43. The lowest BCUT2D eigenvalue weighted by Crippen LogP contribution is -2.36. The van der Waals surface area contributed by atoms with Gasteiger partial charge in [0.05, 0.1) is 6.61 Å². The van der Waals surface area contributed by atoms with Crippen LogP contribution in [0.4, 0.5) is 5.69 Å². The SMILES string of the molecule is OCc1cccc(N2CCC2)c1. The van der Waals surface area contributed by atoms with Gasteiger partial charge in [-0.3, -0.25) is 0 Å². The molecule has 12 heavy (non-hydrogen) atoms. The first-order valence-electron chi connectivity index (χ1n) is 4.35. The minimum atomic E-state index is 0.141. The van der Waals surface area contributed by atoms with E-state index in [0.717, 1.165) is 18.7 Å². The van der Waals surface area contributed by atoms with Gasteiger partial charge in [-0.05, 0) is 24.1 Å². The van der Waals surface area contributed by atoms with Crippen LogP contribution in [-0.2, 0) is 6.61 Å². The van der Waals surface area contributed by atoms with Crippen LogP contribution in [-0.4, -0.2) is 18.2 Å². The Morgan fingerprint density at radius 3 is 2.75 bits per heavy atom. The first kappa shape index (κ1) is 7.62. The molecule has 1 saturated heterocycles. The van der Waals surface area contributed by atoms with Gasteiger partial charge in [0, 0.05) is 18.8 Å². The van der Waals surface area contributed by atoms with E-state index in [1.165, 1.54) is 12.1 Å². The molecule has 1 heterocycles. The van der Waals surface area contributed by atoms with Crippen molar-refractivity contribution in [1.29, 1.82) is 0 Å². The molecule has 0 bridgehead atoms. The molecule has 1 aliphatic heterocycles. The second kappa shape index (κ2) is 3.15. The largest absolute Gasteiger partial charge is 0.392 e. The van der Waals surface area contributed by atoms with Crippen molar-refractivity contribution in [1.82, 2.24) is 0 Å². The van der Waals surface area contributed by atoms with E-state index in [0.29, 0.717) is 0 Å². The third kappa shape index (κ3) is 1.30. The van der Waals surface area contributed by atoms with E-state index in [4.69, 9.17) is 5.11 Å². The van der Waals surface area contributed by atoms with Crippen molar-refractivity contribution in [2.45, 2.75) is 13.0 Å². The topological polar surface area (TPSA) is 23.5 Å². The van der Waals surface area contributed by atoms with Gasteiger partial charge < -0.3 is 10.0 Å². The maximum absolute atomic E-state index is 8.92. The Balaban J connectivity index is 2.19. The Kier molecular flexibility index (Phi) is 2.00. The fourth-order valence-corrected chi connectivity index (χ4v) is 1.43. The summed E-state index contributed by atoms with van der Waals surface area (Å²) in [6.07, 6.45) is 1.29. The van der Waals surface area contributed by atoms with Gasteiger partial charge in [0.25, 0.3) is 0 Å². The smallest absolute Gasteiger partial charge is 0.0682 e. The highest BCUT2D eigenvalue weighted by atomic mass is 16.3. The number of anilines is 1. The van der Waals surface area contributed by atoms with E-state index < -0.39 is 0 Å². The van der Waals surface area contributed by atoms with Crippen molar-refractivity contribution in [2.75, 3.05) is 18.0 Å². The van der Waals surface area contributed by atoms with Gasteiger partial charge in [-0.15, -0.1) is 0 Å². The van der Waals surface area contributed by atoms with Crippen LogP contribution >= 0.6 is 0 Å². The highest BCUT2D eigenvalue weighted by molar-refractivity contribution is 5.50. The number of hydrogen-bond donors (Lipinski definition) is 1. The fraction of sp³-hybridized carbons (Fsp3) is 0.400. The van der Waals surface area contributed by atoms with Crippen LogP contribution in [0.1, 0.15) is 12.0 Å². The molecule has 2 rings (SSSR count). The van der Waals surface area contributed by atoms with Crippen molar-refractivity contribution in [3.8, 4) is 0 Å². The van der Waals surface area contributed by atoms with Gasteiger partial charge in [-0.25, -0.2) is 0 Å². The quantitative estimate of drug-likeness (QED) is 0.712. The molecule has 0 aromatic heterocycles. The van der Waals surface area contributed by atoms with E-state index in [9.17, 15) is 0 Å². The molecule has 0 atom stereocenters. The average molecular weight is 163 g/mol. The second-order valence-electron chi connectivity index (χ2n) is 3.17. The molecular weight excluding hydrogens is 150 g/mol. The van der Waals surface area contributed by atoms with E-state index in [-0.39, 0.29) is 6.61 Å². The number of hydrogen-bond acceptors (Lipinski definition) is 2. The molecule has 0 unspecified atom stereocenters. The summed E-state index contributed by atoms with van der Waals surface area (Å²) in [6, 6.07) is 8.10. The highest BCUT2D eigenvalue weighted by Crippen LogP contribution is 2.21. The molecule has 1 aromatic carbocycles. The van der Waals surface area contributed by atoms with E-state index in [2.05, 4.69) is 17.0 Å². The molecule has 1 aliphatic rings. The van der Waals surface area contributed by atoms with E-state index >= 15 is 0 Å². The summed E-state index contributed by atoms with van der Waals surface area (Å²) < 4.78 is 0. The molecule has 0 spiro atoms. The monoisotopic (exact) mass is 163 g/mol. The van der Waals surface area contributed by atoms with Crippen molar-refractivity contribution in [3.05, 3.63) is 29.8 Å². The van der Waals surface area contributed by atoms with Crippen molar-refractivity contribution in [3.63, 3.8) is 0 Å². The van der Waals surface area contributed by atoms with Crippen LogP contribution < -0.4 is 4.90 Å². The summed E-state index contributed by atoms with van der Waals surface area (Å²) in [6.45, 7) is 2.46. The third-order valence-corrected chi connectivity index (χ3v) is 2.31. The summed E-state index contributed by atoms with van der Waals surface area (Å²) in [7, 11) is 0. The number of benzene rings is 1. The minimum absolute atomic E-state index is 0.141. The van der Waals surface area contributed by atoms with Crippen molar-refractivity contribution >= 4 is 5.69 Å². The molecule has 0 saturated carbocycles. The molecule has 0 aliphatic carbocycles. The Morgan fingerprint density at radius 1 is 1.33 bits per heavy atom. The zero-order chi connectivity index (χ0) is 8.39. The summed E-state index contributed by atoms with van der Waals surface area (Å²) in [4.78, 5) is 2.32. The minimum Gasteiger partial charge on any atom is -0.392 e. The molecule has 1 fully saturated rings. The maximum Gasteiger partial charge on any atom is 0.0682 e. The Bertz CT molecular complexity index is 268. The van der Waals surface area contributed by atoms with Gasteiger partial charge >= 0.3 is 0 Å². The number of aliphatic hydroxyl groups excluding tert-OH is 1. The summed E-state index contributed by atoms with van der Waals surface area (Å²) in [5.74, 6) is 0. The Morgan fingerprint density at radius 2 is 2.17 bits per heavy atom. The molecule has 0 radical (unpaired) electrons. The molecule has 2 heteroatoms. The lowest BCUT2D eigenvalue weighted by Gasteiger charge is -2.33. The van der Waals surface area contributed by atoms with Crippen molar-refractivity contribution < 1.29 is 5.11 Å². The number of nitrogens with zero attached hydrogens (tertiary/aromatic N) is 1. The summed E-state index contributed by atoms with van der Waals surface area (Å²) >= 11 is 0. The van der Waals surface area contributed by atoms with Gasteiger partial charge in [-0.2, -0.15) is 0 Å². The van der Waals surface area contributed by atoms with Crippen molar-refractivity contribution in [2.24, 2.45) is 0 Å². The molecule has 1 aromatic rings. The van der Waals surface area contributed by atoms with Crippen LogP contribution in [0.25, 0.3) is 0 Å². The highest BCUT2D eigenvalue weighted by Gasteiger charge is 2.13. The number of rotatable bonds is 2. The van der Waals surface area contributed by atoms with Gasteiger partial charge in [0.15, 0.2) is 0 Å². The van der Waals surface area contributed by atoms with Crippen LogP contribution in [0, 0.1) is 0 Å². The lowest BCUT2D eigenvalue weighted by atomic mass is 10.1. The third-order valence-electron chi connectivity index (χ3n) is 2.31. The van der Waals surface area contributed by atoms with Gasteiger partial charge in [-0.1, -0.05) is 12.1 Å². The molecule has 1 N–H and O–H groups in total. The zero-order valence-corrected chi connectivity index (χ0v) is 7.03. The van der Waals surface area contributed by atoms with Gasteiger partial charge in [0.1, 0.15) is 0 Å². The normalized spacial score (nSPS) is 15.9. The first-order chi connectivity index (χ1) is 5.90. The summed E-state index contributed by atoms with van der Waals surface area (Å²) in [5, 5.41) is 8.92. The number of aliphatic hydroxyl groups is 1. The van der Waals surface area contributed by atoms with Crippen LogP contribution in [0.15, 0.2) is 24.3 Å². The first-order valence-corrected chi connectivity index (χ1v) is 4.35. The predicted molar refractivity (Wildman–Crippen MR) is 49.2 cm³/mol. The lowest BCUT2D eigenvalue weighted by molar-refractivity contribution is 0.282. The standard InChI is InChI=1S/C10H13NO/c12-8-9-3-1-4-10(7-9)11-5-2-6-11/h1,3-4,7,12H,2,5-6,8H2. The Hall–Kier alpha value is -1.02. The molecule has 64 valence electrons. The van der Waals surface area contributed by atoms with Gasteiger partial charge in [0.2, 0.25) is 0 Å². The van der Waals surface area contributed by atoms with E-state index in [1.807, 2.05) is 12.1 Å². The molecule has 2 nitrogen and oxygen atoms in total. The Labute approximate surface area is 72.4 Å². The van der Waals surface area contributed by atoms with Crippen LogP contribution in [0.5, 0.6) is 0 Å². The van der Waals surface area contributed by atoms with E-state index in [1.54, 1.807) is 0 Å². The predicted octanol–water partition coefficient (Wildman–Crippen LogP) is 1.39. The molecule has 0 amide bonds.